The minimum atomic E-state index is -0.792. The zero-order chi connectivity index (χ0) is 9.07. The van der Waals surface area contributed by atoms with Crippen LogP contribution in [-0.2, 0) is 4.79 Å². The molecule has 2 unspecified atom stereocenters. The molecule has 66 valence electrons. The first-order valence-electron chi connectivity index (χ1n) is 3.97. The van der Waals surface area contributed by atoms with Gasteiger partial charge in [-0.3, -0.25) is 4.79 Å². The van der Waals surface area contributed by atoms with E-state index in [1.54, 1.807) is 6.92 Å². The average molecular weight is 159 g/mol. The fraction of sp³-hybridized carbons (Fsp3) is 0.875. The van der Waals surface area contributed by atoms with Crippen molar-refractivity contribution in [1.82, 2.24) is 0 Å². The highest BCUT2D eigenvalue weighted by atomic mass is 16.4. The normalized spacial score (nSPS) is 18.9. The van der Waals surface area contributed by atoms with Gasteiger partial charge in [0.05, 0.1) is 5.92 Å². The lowest BCUT2D eigenvalue weighted by Gasteiger charge is -2.29. The van der Waals surface area contributed by atoms with E-state index < -0.39 is 17.4 Å². The molecule has 0 radical (unpaired) electrons. The van der Waals surface area contributed by atoms with Gasteiger partial charge in [-0.2, -0.15) is 0 Å². The Kier molecular flexibility index (Phi) is 3.52. The SMILES string of the molecule is CCC(C(=O)O)C(C)(N)CC. The second-order valence-corrected chi connectivity index (χ2v) is 3.16. The third-order valence-electron chi connectivity index (χ3n) is 2.26. The first-order chi connectivity index (χ1) is 4.95. The Bertz CT molecular complexity index is 143. The van der Waals surface area contributed by atoms with Gasteiger partial charge in [-0.15, -0.1) is 0 Å². The van der Waals surface area contributed by atoms with Crippen molar-refractivity contribution in [3.63, 3.8) is 0 Å². The van der Waals surface area contributed by atoms with Gasteiger partial charge >= 0.3 is 5.97 Å². The Labute approximate surface area is 67.6 Å². The van der Waals surface area contributed by atoms with Crippen LogP contribution in [0.15, 0.2) is 0 Å². The largest absolute Gasteiger partial charge is 0.481 e. The maximum absolute atomic E-state index is 10.7. The number of aliphatic carboxylic acids is 1. The molecule has 2 atom stereocenters. The van der Waals surface area contributed by atoms with Crippen LogP contribution in [0, 0.1) is 5.92 Å². The van der Waals surface area contributed by atoms with Gasteiger partial charge in [-0.05, 0) is 19.8 Å². The molecule has 0 saturated heterocycles. The molecule has 3 nitrogen and oxygen atoms in total. The van der Waals surface area contributed by atoms with E-state index in [-0.39, 0.29) is 0 Å². The second kappa shape index (κ2) is 3.72. The minimum absolute atomic E-state index is 0.424. The van der Waals surface area contributed by atoms with Crippen LogP contribution in [0.4, 0.5) is 0 Å². The van der Waals surface area contributed by atoms with E-state index in [1.807, 2.05) is 13.8 Å². The van der Waals surface area contributed by atoms with Gasteiger partial charge in [0, 0.05) is 5.54 Å². The van der Waals surface area contributed by atoms with Crippen LogP contribution in [0.2, 0.25) is 0 Å². The Morgan fingerprint density at radius 2 is 2.09 bits per heavy atom. The first-order valence-corrected chi connectivity index (χ1v) is 3.97. The Morgan fingerprint density at radius 1 is 1.64 bits per heavy atom. The lowest BCUT2D eigenvalue weighted by atomic mass is 9.82. The molecule has 11 heavy (non-hydrogen) atoms. The molecule has 0 saturated carbocycles. The van der Waals surface area contributed by atoms with Crippen LogP contribution < -0.4 is 5.73 Å². The lowest BCUT2D eigenvalue weighted by Crippen LogP contribution is -2.46. The zero-order valence-electron chi connectivity index (χ0n) is 7.42. The molecule has 0 aromatic rings. The van der Waals surface area contributed by atoms with Crippen molar-refractivity contribution in [2.24, 2.45) is 11.7 Å². The number of hydrogen-bond donors (Lipinski definition) is 2. The van der Waals surface area contributed by atoms with Crippen molar-refractivity contribution in [2.45, 2.75) is 39.2 Å². The molecule has 0 aliphatic heterocycles. The van der Waals surface area contributed by atoms with Crippen LogP contribution in [-0.4, -0.2) is 16.6 Å². The van der Waals surface area contributed by atoms with E-state index in [2.05, 4.69) is 0 Å². The minimum Gasteiger partial charge on any atom is -0.481 e. The molecule has 0 aliphatic carbocycles. The number of carboxylic acid groups (broad SMARTS) is 1. The van der Waals surface area contributed by atoms with Crippen LogP contribution in [0.3, 0.4) is 0 Å². The molecular weight excluding hydrogens is 142 g/mol. The van der Waals surface area contributed by atoms with Crippen molar-refractivity contribution in [2.75, 3.05) is 0 Å². The highest BCUT2D eigenvalue weighted by molar-refractivity contribution is 5.71. The molecule has 0 aromatic heterocycles. The van der Waals surface area contributed by atoms with Crippen LogP contribution >= 0.6 is 0 Å². The van der Waals surface area contributed by atoms with Gasteiger partial charge in [0.2, 0.25) is 0 Å². The molecular formula is C8H17NO2. The van der Waals surface area contributed by atoms with E-state index in [9.17, 15) is 4.79 Å². The van der Waals surface area contributed by atoms with Gasteiger partial charge in [-0.1, -0.05) is 13.8 Å². The number of carboxylic acids is 1. The lowest BCUT2D eigenvalue weighted by molar-refractivity contribution is -0.144. The summed E-state index contributed by atoms with van der Waals surface area (Å²) >= 11 is 0. The van der Waals surface area contributed by atoms with Crippen LogP contribution in [0.1, 0.15) is 33.6 Å². The highest BCUT2D eigenvalue weighted by Crippen LogP contribution is 2.21. The summed E-state index contributed by atoms with van der Waals surface area (Å²) in [5.74, 6) is -1.22. The third-order valence-corrected chi connectivity index (χ3v) is 2.26. The summed E-state index contributed by atoms with van der Waals surface area (Å²) < 4.78 is 0. The van der Waals surface area contributed by atoms with Crippen molar-refractivity contribution >= 4 is 5.97 Å². The summed E-state index contributed by atoms with van der Waals surface area (Å²) in [6, 6.07) is 0. The predicted octanol–water partition coefficient (Wildman–Crippen LogP) is 1.22. The van der Waals surface area contributed by atoms with E-state index in [0.29, 0.717) is 12.8 Å². The summed E-state index contributed by atoms with van der Waals surface area (Å²) in [6.07, 6.45) is 1.29. The molecule has 0 amide bonds. The van der Waals surface area contributed by atoms with Crippen molar-refractivity contribution in [3.8, 4) is 0 Å². The average Bonchev–Trinajstić information content (AvgIpc) is 1.88. The number of carbonyl (C=O) groups is 1. The Balaban J connectivity index is 4.36. The summed E-state index contributed by atoms with van der Waals surface area (Å²) in [5.41, 5.74) is 5.22. The number of rotatable bonds is 4. The summed E-state index contributed by atoms with van der Waals surface area (Å²) in [7, 11) is 0. The van der Waals surface area contributed by atoms with Gasteiger partial charge < -0.3 is 10.8 Å². The highest BCUT2D eigenvalue weighted by Gasteiger charge is 2.32. The van der Waals surface area contributed by atoms with Crippen molar-refractivity contribution < 1.29 is 9.90 Å². The third kappa shape index (κ3) is 2.50. The Hall–Kier alpha value is -0.570. The zero-order valence-corrected chi connectivity index (χ0v) is 7.42. The molecule has 0 spiro atoms. The second-order valence-electron chi connectivity index (χ2n) is 3.16. The van der Waals surface area contributed by atoms with E-state index >= 15 is 0 Å². The van der Waals surface area contributed by atoms with Gasteiger partial charge in [-0.25, -0.2) is 0 Å². The van der Waals surface area contributed by atoms with Gasteiger partial charge in [0.15, 0.2) is 0 Å². The molecule has 3 heteroatoms. The summed E-state index contributed by atoms with van der Waals surface area (Å²) in [6.45, 7) is 5.54. The van der Waals surface area contributed by atoms with Crippen molar-refractivity contribution in [3.05, 3.63) is 0 Å². The summed E-state index contributed by atoms with van der Waals surface area (Å²) in [5, 5.41) is 8.76. The van der Waals surface area contributed by atoms with Crippen LogP contribution in [0.25, 0.3) is 0 Å². The topological polar surface area (TPSA) is 63.3 Å². The molecule has 3 N–H and O–H groups in total. The number of nitrogens with two attached hydrogens (primary N) is 1. The molecule has 0 rings (SSSR count). The molecule has 0 aliphatic rings. The fourth-order valence-electron chi connectivity index (χ4n) is 1.17. The molecule has 0 fully saturated rings. The van der Waals surface area contributed by atoms with E-state index in [4.69, 9.17) is 10.8 Å². The predicted molar refractivity (Wildman–Crippen MR) is 44.3 cm³/mol. The fourth-order valence-corrected chi connectivity index (χ4v) is 1.17. The molecule has 0 heterocycles. The maximum Gasteiger partial charge on any atom is 0.308 e. The molecule has 0 aromatic carbocycles. The van der Waals surface area contributed by atoms with E-state index in [0.717, 1.165) is 0 Å². The van der Waals surface area contributed by atoms with E-state index in [1.165, 1.54) is 0 Å². The Morgan fingerprint density at radius 3 is 2.18 bits per heavy atom. The molecule has 0 bridgehead atoms. The van der Waals surface area contributed by atoms with Crippen LogP contribution in [0.5, 0.6) is 0 Å². The summed E-state index contributed by atoms with van der Waals surface area (Å²) in [4.78, 5) is 10.7. The maximum atomic E-state index is 10.7. The number of hydrogen-bond acceptors (Lipinski definition) is 2. The van der Waals surface area contributed by atoms with Crippen molar-refractivity contribution in [1.29, 1.82) is 0 Å². The van der Waals surface area contributed by atoms with Gasteiger partial charge in [0.1, 0.15) is 0 Å². The van der Waals surface area contributed by atoms with Gasteiger partial charge in [0.25, 0.3) is 0 Å². The quantitative estimate of drug-likeness (QED) is 0.648. The standard InChI is InChI=1S/C8H17NO2/c1-4-6(7(10)11)8(3,9)5-2/h6H,4-5,9H2,1-3H3,(H,10,11). The monoisotopic (exact) mass is 159 g/mol. The first kappa shape index (κ1) is 10.4. The smallest absolute Gasteiger partial charge is 0.308 e.